The Morgan fingerprint density at radius 1 is 1.39 bits per heavy atom. The van der Waals surface area contributed by atoms with Crippen molar-refractivity contribution in [1.29, 1.82) is 0 Å². The number of aromatic amines is 1. The summed E-state index contributed by atoms with van der Waals surface area (Å²) in [5, 5.41) is 0. The van der Waals surface area contributed by atoms with E-state index in [4.69, 9.17) is 17.0 Å². The molecular weight excluding hydrogens is 244 g/mol. The number of hydrogen-bond acceptors (Lipinski definition) is 3. The van der Waals surface area contributed by atoms with Crippen LogP contribution in [-0.2, 0) is 12.8 Å². The van der Waals surface area contributed by atoms with E-state index in [9.17, 15) is 0 Å². The van der Waals surface area contributed by atoms with E-state index < -0.39 is 0 Å². The van der Waals surface area contributed by atoms with Crippen LogP contribution in [-0.4, -0.2) is 16.6 Å². The minimum atomic E-state index is 0.636. The SMILES string of the molecule is CCc1nc(=S)cc(-c2ccc3c(c2)CCO3)[nH]1. The van der Waals surface area contributed by atoms with Gasteiger partial charge in [-0.05, 0) is 35.4 Å². The molecule has 3 nitrogen and oxygen atoms in total. The van der Waals surface area contributed by atoms with Crippen LogP contribution in [0.1, 0.15) is 18.3 Å². The van der Waals surface area contributed by atoms with E-state index in [0.717, 1.165) is 42.3 Å². The summed E-state index contributed by atoms with van der Waals surface area (Å²) in [6.45, 7) is 2.85. The first kappa shape index (κ1) is 11.4. The summed E-state index contributed by atoms with van der Waals surface area (Å²) in [4.78, 5) is 7.61. The summed E-state index contributed by atoms with van der Waals surface area (Å²) in [6.07, 6.45) is 1.83. The van der Waals surface area contributed by atoms with E-state index in [1.54, 1.807) is 0 Å². The van der Waals surface area contributed by atoms with Crippen LogP contribution in [0.2, 0.25) is 0 Å². The highest BCUT2D eigenvalue weighted by Gasteiger charge is 2.13. The number of ether oxygens (including phenoxy) is 1. The molecule has 0 spiro atoms. The second kappa shape index (κ2) is 4.53. The highest BCUT2D eigenvalue weighted by Crippen LogP contribution is 2.29. The van der Waals surface area contributed by atoms with Crippen LogP contribution in [0.25, 0.3) is 11.3 Å². The Balaban J connectivity index is 2.09. The van der Waals surface area contributed by atoms with Gasteiger partial charge in [0.25, 0.3) is 0 Å². The van der Waals surface area contributed by atoms with Gasteiger partial charge in [-0.25, -0.2) is 4.98 Å². The zero-order chi connectivity index (χ0) is 12.5. The quantitative estimate of drug-likeness (QED) is 0.840. The maximum Gasteiger partial charge on any atom is 0.130 e. The van der Waals surface area contributed by atoms with Crippen molar-refractivity contribution < 1.29 is 4.74 Å². The Labute approximate surface area is 111 Å². The normalized spacial score (nSPS) is 13.2. The second-order valence-corrected chi connectivity index (χ2v) is 4.77. The van der Waals surface area contributed by atoms with Crippen LogP contribution in [0.15, 0.2) is 24.3 Å². The van der Waals surface area contributed by atoms with Crippen LogP contribution in [0.3, 0.4) is 0 Å². The highest BCUT2D eigenvalue weighted by atomic mass is 32.1. The molecule has 0 saturated heterocycles. The lowest BCUT2D eigenvalue weighted by molar-refractivity contribution is 0.357. The van der Waals surface area contributed by atoms with Gasteiger partial charge in [-0.2, -0.15) is 0 Å². The molecule has 0 fully saturated rings. The van der Waals surface area contributed by atoms with Crippen molar-refractivity contribution in [1.82, 2.24) is 9.97 Å². The standard InChI is InChI=1S/C14H14N2OS/c1-2-13-15-11(8-14(18)16-13)9-3-4-12-10(7-9)5-6-17-12/h3-4,7-8H,2,5-6H2,1H3,(H,15,16,18). The van der Waals surface area contributed by atoms with Gasteiger partial charge in [-0.3, -0.25) is 0 Å². The maximum absolute atomic E-state index is 5.51. The highest BCUT2D eigenvalue weighted by molar-refractivity contribution is 7.71. The molecule has 1 aromatic heterocycles. The third-order valence-corrected chi connectivity index (χ3v) is 3.34. The predicted octanol–water partition coefficient (Wildman–Crippen LogP) is 3.30. The van der Waals surface area contributed by atoms with Gasteiger partial charge in [-0.15, -0.1) is 0 Å². The maximum atomic E-state index is 5.51. The zero-order valence-electron chi connectivity index (χ0n) is 10.2. The predicted molar refractivity (Wildman–Crippen MR) is 73.4 cm³/mol. The second-order valence-electron chi connectivity index (χ2n) is 4.35. The van der Waals surface area contributed by atoms with Gasteiger partial charge in [0.15, 0.2) is 0 Å². The molecule has 2 aromatic rings. The van der Waals surface area contributed by atoms with E-state index >= 15 is 0 Å². The van der Waals surface area contributed by atoms with Gasteiger partial charge in [0.2, 0.25) is 0 Å². The number of aromatic nitrogens is 2. The molecule has 1 aromatic carbocycles. The van der Waals surface area contributed by atoms with E-state index in [-0.39, 0.29) is 0 Å². The smallest absolute Gasteiger partial charge is 0.130 e. The number of rotatable bonds is 2. The summed E-state index contributed by atoms with van der Waals surface area (Å²) < 4.78 is 6.15. The molecule has 3 rings (SSSR count). The molecule has 0 atom stereocenters. The molecule has 0 saturated carbocycles. The number of H-pyrrole nitrogens is 1. The summed E-state index contributed by atoms with van der Waals surface area (Å²) in [5.74, 6) is 1.93. The van der Waals surface area contributed by atoms with Crippen molar-refractivity contribution in [2.45, 2.75) is 19.8 Å². The van der Waals surface area contributed by atoms with Gasteiger partial charge in [0.1, 0.15) is 16.2 Å². The largest absolute Gasteiger partial charge is 0.493 e. The Morgan fingerprint density at radius 2 is 2.28 bits per heavy atom. The summed E-state index contributed by atoms with van der Waals surface area (Å²) in [7, 11) is 0. The van der Waals surface area contributed by atoms with Crippen LogP contribution < -0.4 is 4.74 Å². The van der Waals surface area contributed by atoms with Crippen molar-refractivity contribution in [2.75, 3.05) is 6.61 Å². The molecule has 1 aliphatic heterocycles. The topological polar surface area (TPSA) is 37.9 Å². The number of aryl methyl sites for hydroxylation is 1. The van der Waals surface area contributed by atoms with E-state index in [0.29, 0.717) is 4.64 Å². The van der Waals surface area contributed by atoms with Gasteiger partial charge >= 0.3 is 0 Å². The molecule has 0 bridgehead atoms. The van der Waals surface area contributed by atoms with E-state index in [1.165, 1.54) is 5.56 Å². The van der Waals surface area contributed by atoms with Crippen molar-refractivity contribution in [3.8, 4) is 17.0 Å². The lowest BCUT2D eigenvalue weighted by Gasteiger charge is -2.06. The fraction of sp³-hybridized carbons (Fsp3) is 0.286. The molecule has 0 radical (unpaired) electrons. The molecular formula is C14H14N2OS. The molecule has 1 aliphatic rings. The number of fused-ring (bicyclic) bond motifs is 1. The Hall–Kier alpha value is -1.68. The molecule has 92 valence electrons. The zero-order valence-corrected chi connectivity index (χ0v) is 11.0. The Bertz CT molecular complexity index is 648. The molecule has 4 heteroatoms. The van der Waals surface area contributed by atoms with E-state index in [1.807, 2.05) is 12.1 Å². The minimum absolute atomic E-state index is 0.636. The number of hydrogen-bond donors (Lipinski definition) is 1. The van der Waals surface area contributed by atoms with Crippen LogP contribution >= 0.6 is 12.2 Å². The average Bonchev–Trinajstić information content (AvgIpc) is 2.85. The fourth-order valence-corrected chi connectivity index (χ4v) is 2.41. The molecule has 18 heavy (non-hydrogen) atoms. The number of benzene rings is 1. The molecule has 1 N–H and O–H groups in total. The van der Waals surface area contributed by atoms with Gasteiger partial charge < -0.3 is 9.72 Å². The number of nitrogens with one attached hydrogen (secondary N) is 1. The first-order valence-corrected chi connectivity index (χ1v) is 6.53. The number of nitrogens with zero attached hydrogens (tertiary/aromatic N) is 1. The monoisotopic (exact) mass is 258 g/mol. The molecule has 0 amide bonds. The lowest BCUT2D eigenvalue weighted by atomic mass is 10.1. The third kappa shape index (κ3) is 2.04. The van der Waals surface area contributed by atoms with Crippen molar-refractivity contribution in [3.05, 3.63) is 40.3 Å². The summed E-state index contributed by atoms with van der Waals surface area (Å²) >= 11 is 5.20. The van der Waals surface area contributed by atoms with Crippen molar-refractivity contribution >= 4 is 12.2 Å². The van der Waals surface area contributed by atoms with Crippen molar-refractivity contribution in [2.24, 2.45) is 0 Å². The average molecular weight is 258 g/mol. The van der Waals surface area contributed by atoms with Gasteiger partial charge in [-0.1, -0.05) is 19.1 Å². The summed E-state index contributed by atoms with van der Waals surface area (Å²) in [6, 6.07) is 8.17. The van der Waals surface area contributed by atoms with Crippen LogP contribution in [0.4, 0.5) is 0 Å². The first-order chi connectivity index (χ1) is 8.76. The lowest BCUT2D eigenvalue weighted by Crippen LogP contribution is -1.95. The van der Waals surface area contributed by atoms with Gasteiger partial charge in [0.05, 0.1) is 6.61 Å². The van der Waals surface area contributed by atoms with Crippen LogP contribution in [0, 0.1) is 4.64 Å². The fourth-order valence-electron chi connectivity index (χ4n) is 2.19. The third-order valence-electron chi connectivity index (χ3n) is 3.13. The van der Waals surface area contributed by atoms with Crippen LogP contribution in [0.5, 0.6) is 5.75 Å². The Kier molecular flexibility index (Phi) is 2.88. The molecule has 0 aliphatic carbocycles. The van der Waals surface area contributed by atoms with E-state index in [2.05, 4.69) is 29.0 Å². The van der Waals surface area contributed by atoms with Crippen molar-refractivity contribution in [3.63, 3.8) is 0 Å². The molecule has 0 unspecified atom stereocenters. The molecule has 2 heterocycles. The summed E-state index contributed by atoms with van der Waals surface area (Å²) in [5.41, 5.74) is 3.44. The Morgan fingerprint density at radius 3 is 3.11 bits per heavy atom. The van der Waals surface area contributed by atoms with Gasteiger partial charge in [0, 0.05) is 18.5 Å². The minimum Gasteiger partial charge on any atom is -0.493 e. The first-order valence-electron chi connectivity index (χ1n) is 6.12.